The molecule has 0 spiro atoms. The Labute approximate surface area is 175 Å². The first-order valence-electron chi connectivity index (χ1n) is 8.81. The zero-order valence-corrected chi connectivity index (χ0v) is 17.2. The van der Waals surface area contributed by atoms with E-state index in [0.29, 0.717) is 28.6 Å². The molecule has 148 valence electrons. The average Bonchev–Trinajstić information content (AvgIpc) is 3.41. The first-order chi connectivity index (χ1) is 13.9. The van der Waals surface area contributed by atoms with Crippen molar-refractivity contribution in [2.45, 2.75) is 20.4 Å². The van der Waals surface area contributed by atoms with Gasteiger partial charge < -0.3 is 5.32 Å². The fourth-order valence-corrected chi connectivity index (χ4v) is 3.94. The van der Waals surface area contributed by atoms with Gasteiger partial charge in [-0.2, -0.15) is 10.2 Å². The molecule has 0 aliphatic heterocycles. The van der Waals surface area contributed by atoms with Crippen molar-refractivity contribution in [3.05, 3.63) is 75.3 Å². The Morgan fingerprint density at radius 1 is 1.31 bits per heavy atom. The molecule has 4 rings (SSSR count). The number of amides is 1. The lowest BCUT2D eigenvalue weighted by atomic mass is 10.2. The molecule has 0 unspecified atom stereocenters. The molecule has 3 aromatic heterocycles. The van der Waals surface area contributed by atoms with E-state index in [1.165, 1.54) is 12.1 Å². The van der Waals surface area contributed by atoms with Crippen LogP contribution in [0.1, 0.15) is 27.4 Å². The second kappa shape index (κ2) is 7.81. The molecule has 3 heterocycles. The monoisotopic (exact) mass is 429 g/mol. The molecule has 0 radical (unpaired) electrons. The summed E-state index contributed by atoms with van der Waals surface area (Å²) in [4.78, 5) is 13.7. The van der Waals surface area contributed by atoms with E-state index < -0.39 is 0 Å². The highest BCUT2D eigenvalue weighted by atomic mass is 35.5. The fourth-order valence-electron chi connectivity index (χ4n) is 3.02. The Bertz CT molecular complexity index is 1180. The van der Waals surface area contributed by atoms with Crippen molar-refractivity contribution in [1.29, 1.82) is 0 Å². The van der Waals surface area contributed by atoms with Crippen molar-refractivity contribution in [1.82, 2.24) is 20.0 Å². The van der Waals surface area contributed by atoms with Gasteiger partial charge in [0.1, 0.15) is 5.82 Å². The van der Waals surface area contributed by atoms with Gasteiger partial charge >= 0.3 is 0 Å². The maximum atomic E-state index is 13.3. The van der Waals surface area contributed by atoms with Crippen LogP contribution < -0.4 is 5.32 Å². The zero-order valence-electron chi connectivity index (χ0n) is 15.7. The van der Waals surface area contributed by atoms with Gasteiger partial charge in [-0.25, -0.2) is 4.39 Å². The third-order valence-corrected chi connectivity index (χ3v) is 5.81. The number of hydrogen-bond donors (Lipinski definition) is 2. The molecule has 0 atom stereocenters. The lowest BCUT2D eigenvalue weighted by Crippen LogP contribution is -2.14. The average molecular weight is 430 g/mol. The molecule has 0 fully saturated rings. The van der Waals surface area contributed by atoms with Gasteiger partial charge in [-0.15, -0.1) is 11.3 Å². The molecule has 1 aromatic carbocycles. The van der Waals surface area contributed by atoms with Crippen molar-refractivity contribution in [2.24, 2.45) is 0 Å². The Morgan fingerprint density at radius 2 is 2.14 bits per heavy atom. The number of aryl methyl sites for hydroxylation is 1. The van der Waals surface area contributed by atoms with Gasteiger partial charge in [-0.05, 0) is 49.1 Å². The topological polar surface area (TPSA) is 75.6 Å². The summed E-state index contributed by atoms with van der Waals surface area (Å²) in [7, 11) is 0. The number of carbonyl (C=O) groups excluding carboxylic acids is 1. The first-order valence-corrected chi connectivity index (χ1v) is 10.1. The van der Waals surface area contributed by atoms with E-state index in [-0.39, 0.29) is 11.7 Å². The summed E-state index contributed by atoms with van der Waals surface area (Å²) in [6.07, 6.45) is 0. The van der Waals surface area contributed by atoms with Crippen LogP contribution in [-0.4, -0.2) is 25.9 Å². The van der Waals surface area contributed by atoms with Crippen LogP contribution in [0.3, 0.4) is 0 Å². The molecule has 0 saturated carbocycles. The van der Waals surface area contributed by atoms with Crippen LogP contribution in [0.2, 0.25) is 5.02 Å². The Morgan fingerprint density at radius 3 is 2.86 bits per heavy atom. The number of H-pyrrole nitrogens is 1. The molecule has 4 aromatic rings. The SMILES string of the molecule is Cc1nn(Cc2ccc(F)cc2Cl)c(C)c1NC(=O)c1cc(-c2cccs2)[nH]n1. The number of benzene rings is 1. The van der Waals surface area contributed by atoms with Crippen molar-refractivity contribution < 1.29 is 9.18 Å². The lowest BCUT2D eigenvalue weighted by molar-refractivity contribution is 0.102. The van der Waals surface area contributed by atoms with E-state index in [4.69, 9.17) is 11.6 Å². The maximum absolute atomic E-state index is 13.3. The highest BCUT2D eigenvalue weighted by Gasteiger charge is 2.18. The summed E-state index contributed by atoms with van der Waals surface area (Å²) in [5.41, 5.74) is 3.88. The second-order valence-electron chi connectivity index (χ2n) is 6.54. The number of rotatable bonds is 5. The van der Waals surface area contributed by atoms with Crippen LogP contribution in [0.15, 0.2) is 41.8 Å². The Kier molecular flexibility index (Phi) is 5.21. The van der Waals surface area contributed by atoms with Crippen LogP contribution in [-0.2, 0) is 6.54 Å². The summed E-state index contributed by atoms with van der Waals surface area (Å²) >= 11 is 7.69. The van der Waals surface area contributed by atoms with Crippen molar-refractivity contribution in [3.8, 4) is 10.6 Å². The third-order valence-electron chi connectivity index (χ3n) is 4.55. The molecule has 2 N–H and O–H groups in total. The standard InChI is InChI=1S/C20H17ClFN5OS/c1-11-19(12(2)27(26-11)10-13-5-6-14(22)8-15(13)21)23-20(28)17-9-16(24-25-17)18-4-3-7-29-18/h3-9H,10H2,1-2H3,(H,23,28)(H,24,25). The van der Waals surface area contributed by atoms with Crippen molar-refractivity contribution in [2.75, 3.05) is 5.32 Å². The summed E-state index contributed by atoms with van der Waals surface area (Å²) in [5, 5.41) is 16.7. The number of carbonyl (C=O) groups is 1. The van der Waals surface area contributed by atoms with Gasteiger partial charge in [-0.3, -0.25) is 14.6 Å². The van der Waals surface area contributed by atoms with E-state index in [1.54, 1.807) is 28.2 Å². The van der Waals surface area contributed by atoms with Crippen LogP contribution in [0, 0.1) is 19.7 Å². The van der Waals surface area contributed by atoms with Gasteiger partial charge in [-0.1, -0.05) is 23.7 Å². The van der Waals surface area contributed by atoms with E-state index in [2.05, 4.69) is 20.6 Å². The molecule has 1 amide bonds. The number of nitrogens with one attached hydrogen (secondary N) is 2. The van der Waals surface area contributed by atoms with Gasteiger partial charge in [0.15, 0.2) is 5.69 Å². The highest BCUT2D eigenvalue weighted by molar-refractivity contribution is 7.13. The normalized spacial score (nSPS) is 11.0. The molecule has 0 aliphatic carbocycles. The van der Waals surface area contributed by atoms with E-state index >= 15 is 0 Å². The van der Waals surface area contributed by atoms with Gasteiger partial charge in [0.05, 0.1) is 34.2 Å². The number of aromatic amines is 1. The lowest BCUT2D eigenvalue weighted by Gasteiger charge is -2.08. The summed E-state index contributed by atoms with van der Waals surface area (Å²) < 4.78 is 15.0. The quantitative estimate of drug-likeness (QED) is 0.466. The first kappa shape index (κ1) is 19.4. The molecule has 0 bridgehead atoms. The minimum absolute atomic E-state index is 0.293. The summed E-state index contributed by atoms with van der Waals surface area (Å²) in [5.74, 6) is -0.712. The predicted octanol–water partition coefficient (Wildman–Crippen LogP) is 5.04. The predicted molar refractivity (Wildman–Crippen MR) is 112 cm³/mol. The summed E-state index contributed by atoms with van der Waals surface area (Å²) in [6, 6.07) is 9.87. The van der Waals surface area contributed by atoms with Gasteiger partial charge in [0, 0.05) is 5.02 Å². The molecule has 9 heteroatoms. The Balaban J connectivity index is 1.54. The highest BCUT2D eigenvalue weighted by Crippen LogP contribution is 2.25. The summed E-state index contributed by atoms with van der Waals surface area (Å²) in [6.45, 7) is 4.04. The second-order valence-corrected chi connectivity index (χ2v) is 7.89. The molecule has 0 aliphatic rings. The zero-order chi connectivity index (χ0) is 20.5. The minimum atomic E-state index is -0.388. The number of anilines is 1. The van der Waals surface area contributed by atoms with E-state index in [1.807, 2.05) is 31.4 Å². The molecule has 29 heavy (non-hydrogen) atoms. The van der Waals surface area contributed by atoms with Gasteiger partial charge in [0.25, 0.3) is 5.91 Å². The van der Waals surface area contributed by atoms with Crippen LogP contribution in [0.4, 0.5) is 10.1 Å². The minimum Gasteiger partial charge on any atom is -0.317 e. The molecule has 0 saturated heterocycles. The smallest absolute Gasteiger partial charge is 0.276 e. The van der Waals surface area contributed by atoms with Crippen molar-refractivity contribution >= 4 is 34.5 Å². The molecular weight excluding hydrogens is 413 g/mol. The third kappa shape index (κ3) is 3.94. The molecule has 6 nitrogen and oxygen atoms in total. The number of nitrogens with zero attached hydrogens (tertiary/aromatic N) is 3. The number of aromatic nitrogens is 4. The van der Waals surface area contributed by atoms with Crippen LogP contribution in [0.25, 0.3) is 10.6 Å². The fraction of sp³-hybridized carbons (Fsp3) is 0.150. The van der Waals surface area contributed by atoms with Gasteiger partial charge in [0.2, 0.25) is 0 Å². The maximum Gasteiger partial charge on any atom is 0.276 e. The largest absolute Gasteiger partial charge is 0.317 e. The number of hydrogen-bond acceptors (Lipinski definition) is 4. The van der Waals surface area contributed by atoms with E-state index in [0.717, 1.165) is 21.8 Å². The number of thiophene rings is 1. The van der Waals surface area contributed by atoms with Crippen LogP contribution >= 0.6 is 22.9 Å². The number of halogens is 2. The Hall–Kier alpha value is -2.97. The van der Waals surface area contributed by atoms with E-state index in [9.17, 15) is 9.18 Å². The molecular formula is C20H17ClFN5OS. The van der Waals surface area contributed by atoms with Crippen molar-refractivity contribution in [3.63, 3.8) is 0 Å². The van der Waals surface area contributed by atoms with Crippen LogP contribution in [0.5, 0.6) is 0 Å².